The topological polar surface area (TPSA) is 58.0 Å². The molecule has 100 valence electrons. The highest BCUT2D eigenvalue weighted by Crippen LogP contribution is 2.25. The van der Waals surface area contributed by atoms with E-state index in [4.69, 9.17) is 5.11 Å². The lowest BCUT2D eigenvalue weighted by atomic mass is 10.2. The van der Waals surface area contributed by atoms with Crippen molar-refractivity contribution in [3.05, 3.63) is 59.7 Å². The molecular formula is C15H13N3OS. The second-order valence-corrected chi connectivity index (χ2v) is 5.20. The summed E-state index contributed by atoms with van der Waals surface area (Å²) in [5.41, 5.74) is 2.66. The lowest BCUT2D eigenvalue weighted by molar-refractivity contribution is 0.282. The first-order chi connectivity index (χ1) is 9.85. The van der Waals surface area contributed by atoms with Gasteiger partial charge in [-0.05, 0) is 29.1 Å². The van der Waals surface area contributed by atoms with Gasteiger partial charge in [-0.15, -0.1) is 11.3 Å². The van der Waals surface area contributed by atoms with Crippen LogP contribution in [0.15, 0.2) is 54.2 Å². The number of anilines is 2. The van der Waals surface area contributed by atoms with Crippen LogP contribution < -0.4 is 5.32 Å². The third kappa shape index (κ3) is 2.84. The molecule has 20 heavy (non-hydrogen) atoms. The van der Waals surface area contributed by atoms with Crippen LogP contribution in [0.25, 0.3) is 10.6 Å². The van der Waals surface area contributed by atoms with Crippen molar-refractivity contribution in [2.75, 3.05) is 5.32 Å². The molecule has 2 heterocycles. The molecule has 2 N–H and O–H groups in total. The van der Waals surface area contributed by atoms with Crippen LogP contribution in [-0.2, 0) is 6.61 Å². The summed E-state index contributed by atoms with van der Waals surface area (Å²) in [5, 5.41) is 14.4. The van der Waals surface area contributed by atoms with Gasteiger partial charge in [-0.2, -0.15) is 0 Å². The van der Waals surface area contributed by atoms with Crippen LogP contribution in [0.4, 0.5) is 11.5 Å². The first-order valence-electron chi connectivity index (χ1n) is 6.18. The number of aliphatic hydroxyl groups excluding tert-OH is 1. The second-order valence-electron chi connectivity index (χ2n) is 4.25. The lowest BCUT2D eigenvalue weighted by Crippen LogP contribution is -1.96. The Labute approximate surface area is 120 Å². The maximum atomic E-state index is 9.15. The predicted octanol–water partition coefficient (Wildman–Crippen LogP) is 3.44. The van der Waals surface area contributed by atoms with E-state index < -0.39 is 0 Å². The fraction of sp³-hybridized carbons (Fsp3) is 0.0667. The number of hydrogen-bond donors (Lipinski definition) is 2. The Hall–Kier alpha value is -2.24. The smallest absolute Gasteiger partial charge is 0.134 e. The van der Waals surface area contributed by atoms with Crippen LogP contribution in [-0.4, -0.2) is 15.1 Å². The van der Waals surface area contributed by atoms with E-state index >= 15 is 0 Å². The van der Waals surface area contributed by atoms with Crippen LogP contribution in [0.3, 0.4) is 0 Å². The van der Waals surface area contributed by atoms with Gasteiger partial charge in [0.05, 0.1) is 17.2 Å². The standard InChI is InChI=1S/C15H13N3OS/c19-9-11-3-1-4-12(7-11)18-15-8-13(16-10-17-15)14-5-2-6-20-14/h1-8,10,19H,9H2,(H,16,17,18). The molecule has 3 rings (SSSR count). The maximum absolute atomic E-state index is 9.15. The third-order valence-electron chi connectivity index (χ3n) is 2.82. The maximum Gasteiger partial charge on any atom is 0.134 e. The van der Waals surface area contributed by atoms with Crippen molar-refractivity contribution in [2.24, 2.45) is 0 Å². The molecule has 1 aromatic carbocycles. The van der Waals surface area contributed by atoms with Crippen LogP contribution in [0.2, 0.25) is 0 Å². The van der Waals surface area contributed by atoms with Crippen LogP contribution >= 0.6 is 11.3 Å². The van der Waals surface area contributed by atoms with Gasteiger partial charge in [0, 0.05) is 11.8 Å². The third-order valence-corrected chi connectivity index (χ3v) is 3.72. The molecule has 0 atom stereocenters. The van der Waals surface area contributed by atoms with Gasteiger partial charge in [0.25, 0.3) is 0 Å². The number of hydrogen-bond acceptors (Lipinski definition) is 5. The molecule has 0 radical (unpaired) electrons. The predicted molar refractivity (Wildman–Crippen MR) is 81.0 cm³/mol. The highest BCUT2D eigenvalue weighted by molar-refractivity contribution is 7.13. The summed E-state index contributed by atoms with van der Waals surface area (Å²) >= 11 is 1.65. The van der Waals surface area contributed by atoms with Crippen LogP contribution in [0.5, 0.6) is 0 Å². The number of benzene rings is 1. The highest BCUT2D eigenvalue weighted by Gasteiger charge is 2.03. The molecule has 5 heteroatoms. The average molecular weight is 283 g/mol. The fourth-order valence-corrected chi connectivity index (χ4v) is 2.57. The quantitative estimate of drug-likeness (QED) is 0.770. The number of aliphatic hydroxyl groups is 1. The van der Waals surface area contributed by atoms with E-state index in [-0.39, 0.29) is 6.61 Å². The molecule has 0 spiro atoms. The first-order valence-corrected chi connectivity index (χ1v) is 7.06. The summed E-state index contributed by atoms with van der Waals surface area (Å²) in [7, 11) is 0. The van der Waals surface area contributed by atoms with Gasteiger partial charge in [0.2, 0.25) is 0 Å². The molecule has 0 saturated heterocycles. The molecule has 0 unspecified atom stereocenters. The zero-order valence-electron chi connectivity index (χ0n) is 10.7. The Kier molecular flexibility index (Phi) is 3.71. The van der Waals surface area contributed by atoms with E-state index in [1.54, 1.807) is 17.7 Å². The van der Waals surface area contributed by atoms with Gasteiger partial charge in [-0.1, -0.05) is 18.2 Å². The Bertz CT molecular complexity index is 698. The van der Waals surface area contributed by atoms with Crippen molar-refractivity contribution in [3.63, 3.8) is 0 Å². The Morgan fingerprint density at radius 1 is 1.10 bits per heavy atom. The molecule has 0 aliphatic heterocycles. The number of nitrogens with one attached hydrogen (secondary N) is 1. The van der Waals surface area contributed by atoms with Gasteiger partial charge in [-0.3, -0.25) is 0 Å². The Morgan fingerprint density at radius 3 is 2.85 bits per heavy atom. The van der Waals surface area contributed by atoms with Crippen molar-refractivity contribution < 1.29 is 5.11 Å². The van der Waals surface area contributed by atoms with Crippen LogP contribution in [0.1, 0.15) is 5.56 Å². The monoisotopic (exact) mass is 283 g/mol. The highest BCUT2D eigenvalue weighted by atomic mass is 32.1. The summed E-state index contributed by atoms with van der Waals surface area (Å²) in [6, 6.07) is 13.6. The summed E-state index contributed by atoms with van der Waals surface area (Å²) in [6.45, 7) is 0.0275. The summed E-state index contributed by atoms with van der Waals surface area (Å²) < 4.78 is 0. The zero-order chi connectivity index (χ0) is 13.8. The molecule has 2 aromatic heterocycles. The molecule has 0 bridgehead atoms. The molecule has 0 amide bonds. The van der Waals surface area contributed by atoms with Gasteiger partial charge < -0.3 is 10.4 Å². The minimum Gasteiger partial charge on any atom is -0.392 e. The van der Waals surface area contributed by atoms with Crippen molar-refractivity contribution in [2.45, 2.75) is 6.61 Å². The SMILES string of the molecule is OCc1cccc(Nc2cc(-c3cccs3)ncn2)c1. The van der Waals surface area contributed by atoms with E-state index in [0.717, 1.165) is 27.6 Å². The summed E-state index contributed by atoms with van der Waals surface area (Å²) in [4.78, 5) is 9.61. The van der Waals surface area contributed by atoms with Crippen molar-refractivity contribution in [1.29, 1.82) is 0 Å². The number of nitrogens with zero attached hydrogens (tertiary/aromatic N) is 2. The second kappa shape index (κ2) is 5.81. The lowest BCUT2D eigenvalue weighted by Gasteiger charge is -2.07. The fourth-order valence-electron chi connectivity index (χ4n) is 1.88. The van der Waals surface area contributed by atoms with Gasteiger partial charge >= 0.3 is 0 Å². The zero-order valence-corrected chi connectivity index (χ0v) is 11.5. The summed E-state index contributed by atoms with van der Waals surface area (Å²) in [6.07, 6.45) is 1.55. The van der Waals surface area contributed by atoms with Gasteiger partial charge in [0.15, 0.2) is 0 Å². The first kappa shape index (κ1) is 12.8. The van der Waals surface area contributed by atoms with E-state index in [0.29, 0.717) is 0 Å². The van der Waals surface area contributed by atoms with Gasteiger partial charge in [0.1, 0.15) is 12.1 Å². The van der Waals surface area contributed by atoms with Crippen molar-refractivity contribution >= 4 is 22.8 Å². The van der Waals surface area contributed by atoms with E-state index in [1.807, 2.05) is 47.8 Å². The van der Waals surface area contributed by atoms with E-state index in [2.05, 4.69) is 15.3 Å². The van der Waals surface area contributed by atoms with E-state index in [9.17, 15) is 0 Å². The normalized spacial score (nSPS) is 10.4. The Balaban J connectivity index is 1.85. The summed E-state index contributed by atoms with van der Waals surface area (Å²) in [5.74, 6) is 0.735. The average Bonchev–Trinajstić information content (AvgIpc) is 3.02. The van der Waals surface area contributed by atoms with Crippen molar-refractivity contribution in [3.8, 4) is 10.6 Å². The number of thiophene rings is 1. The number of aromatic nitrogens is 2. The molecule has 3 aromatic rings. The van der Waals surface area contributed by atoms with Gasteiger partial charge in [-0.25, -0.2) is 9.97 Å². The molecular weight excluding hydrogens is 270 g/mol. The molecule has 0 aliphatic carbocycles. The largest absolute Gasteiger partial charge is 0.392 e. The number of rotatable bonds is 4. The van der Waals surface area contributed by atoms with Crippen LogP contribution in [0, 0.1) is 0 Å². The molecule has 0 saturated carbocycles. The Morgan fingerprint density at radius 2 is 2.05 bits per heavy atom. The minimum atomic E-state index is 0.0275. The molecule has 4 nitrogen and oxygen atoms in total. The minimum absolute atomic E-state index is 0.0275. The molecule has 0 aliphatic rings. The van der Waals surface area contributed by atoms with E-state index in [1.165, 1.54) is 0 Å². The molecule has 0 fully saturated rings. The van der Waals surface area contributed by atoms with Crippen molar-refractivity contribution in [1.82, 2.24) is 9.97 Å².